The second-order valence-electron chi connectivity index (χ2n) is 4.20. The van der Waals surface area contributed by atoms with Gasteiger partial charge < -0.3 is 9.47 Å². The maximum Gasteiger partial charge on any atom is 0.0483 e. The summed E-state index contributed by atoms with van der Waals surface area (Å²) in [7, 11) is 4.22. The molecular formula is C13H18N2. The lowest BCUT2D eigenvalue weighted by molar-refractivity contribution is 0.403. The molecule has 0 aliphatic heterocycles. The Balaban J connectivity index is 2.55. The topological polar surface area (TPSA) is 8.17 Å². The van der Waals surface area contributed by atoms with Crippen molar-refractivity contribution in [3.05, 3.63) is 36.0 Å². The van der Waals surface area contributed by atoms with Crippen LogP contribution in [0.3, 0.4) is 0 Å². The summed E-state index contributed by atoms with van der Waals surface area (Å²) in [5, 5.41) is 1.38. The highest BCUT2D eigenvalue weighted by atomic mass is 15.1. The first-order valence-electron chi connectivity index (χ1n) is 5.44. The fourth-order valence-corrected chi connectivity index (χ4v) is 2.05. The summed E-state index contributed by atoms with van der Waals surface area (Å²) in [6.45, 7) is 4.23. The number of rotatable bonds is 3. The molecule has 1 heterocycles. The summed E-state index contributed by atoms with van der Waals surface area (Å²) in [6, 6.07) is 8.62. The monoisotopic (exact) mass is 202 g/mol. The number of hydrogen-bond donors (Lipinski definition) is 0. The number of nitrogens with zero attached hydrogens (tertiary/aromatic N) is 2. The summed E-state index contributed by atoms with van der Waals surface area (Å²) in [5.41, 5.74) is 2.76. The van der Waals surface area contributed by atoms with Crippen LogP contribution >= 0.6 is 0 Å². The first kappa shape index (κ1) is 10.2. The fraction of sp³-hybridized carbons (Fsp3) is 0.385. The molecule has 0 fully saturated rings. The van der Waals surface area contributed by atoms with Gasteiger partial charge in [0.25, 0.3) is 0 Å². The number of hydrogen-bond acceptors (Lipinski definition) is 1. The van der Waals surface area contributed by atoms with Crippen molar-refractivity contribution in [2.45, 2.75) is 20.0 Å². The Morgan fingerprint density at radius 2 is 1.93 bits per heavy atom. The van der Waals surface area contributed by atoms with E-state index in [-0.39, 0.29) is 0 Å². The molecule has 0 bridgehead atoms. The van der Waals surface area contributed by atoms with Gasteiger partial charge in [0.1, 0.15) is 0 Å². The molecule has 0 saturated carbocycles. The van der Waals surface area contributed by atoms with Gasteiger partial charge in [0, 0.05) is 30.2 Å². The average molecular weight is 202 g/mol. The van der Waals surface area contributed by atoms with Crippen molar-refractivity contribution in [1.82, 2.24) is 9.47 Å². The molecule has 2 nitrogen and oxygen atoms in total. The Hall–Kier alpha value is -1.28. The van der Waals surface area contributed by atoms with Crippen molar-refractivity contribution in [3.63, 3.8) is 0 Å². The summed E-state index contributed by atoms with van der Waals surface area (Å²) in [5.74, 6) is 0. The van der Waals surface area contributed by atoms with Crippen LogP contribution in [0.15, 0.2) is 30.5 Å². The van der Waals surface area contributed by atoms with Gasteiger partial charge >= 0.3 is 0 Å². The van der Waals surface area contributed by atoms with Gasteiger partial charge in [-0.2, -0.15) is 0 Å². The predicted molar refractivity (Wildman–Crippen MR) is 65.0 cm³/mol. The van der Waals surface area contributed by atoms with Gasteiger partial charge in [0.15, 0.2) is 0 Å². The van der Waals surface area contributed by atoms with Gasteiger partial charge in [0.2, 0.25) is 0 Å². The van der Waals surface area contributed by atoms with Gasteiger partial charge in [-0.3, -0.25) is 0 Å². The average Bonchev–Trinajstić information content (AvgIpc) is 2.56. The van der Waals surface area contributed by atoms with E-state index in [4.69, 9.17) is 0 Å². The van der Waals surface area contributed by atoms with Gasteiger partial charge in [-0.05, 0) is 32.6 Å². The van der Waals surface area contributed by atoms with Crippen molar-refractivity contribution in [3.8, 4) is 0 Å². The Labute approximate surface area is 91.1 Å². The summed E-state index contributed by atoms with van der Waals surface area (Å²) in [6.07, 6.45) is 2.27. The molecule has 2 aromatic rings. The van der Waals surface area contributed by atoms with E-state index in [1.165, 1.54) is 16.5 Å². The van der Waals surface area contributed by atoms with Crippen LogP contribution in [0, 0.1) is 0 Å². The summed E-state index contributed by atoms with van der Waals surface area (Å²) < 4.78 is 2.31. The second-order valence-corrected chi connectivity index (χ2v) is 4.20. The van der Waals surface area contributed by atoms with Gasteiger partial charge in [-0.25, -0.2) is 0 Å². The molecule has 0 unspecified atom stereocenters. The SMILES string of the molecule is CCn1cc(CN(C)C)c2ccccc21. The van der Waals surface area contributed by atoms with Gasteiger partial charge in [-0.15, -0.1) is 0 Å². The molecule has 2 heteroatoms. The molecule has 0 aliphatic rings. The van der Waals surface area contributed by atoms with Crippen LogP contribution < -0.4 is 0 Å². The quantitative estimate of drug-likeness (QED) is 0.743. The van der Waals surface area contributed by atoms with Crippen LogP contribution in [0.2, 0.25) is 0 Å². The van der Waals surface area contributed by atoms with E-state index in [0.29, 0.717) is 0 Å². The molecule has 1 aromatic heterocycles. The van der Waals surface area contributed by atoms with Crippen LogP contribution in [0.4, 0.5) is 0 Å². The third-order valence-corrected chi connectivity index (χ3v) is 2.70. The lowest BCUT2D eigenvalue weighted by atomic mass is 10.2. The molecule has 0 amide bonds. The normalized spacial score (nSPS) is 11.5. The minimum atomic E-state index is 1.01. The number of aryl methyl sites for hydroxylation is 1. The summed E-state index contributed by atoms with van der Waals surface area (Å²) in [4.78, 5) is 2.21. The second kappa shape index (κ2) is 4.07. The standard InChI is InChI=1S/C13H18N2/c1-4-15-10-11(9-14(2)3)12-7-5-6-8-13(12)15/h5-8,10H,4,9H2,1-3H3. The van der Waals surface area contributed by atoms with E-state index in [1.54, 1.807) is 0 Å². The van der Waals surface area contributed by atoms with Crippen LogP contribution in [0.5, 0.6) is 0 Å². The van der Waals surface area contributed by atoms with E-state index in [0.717, 1.165) is 13.1 Å². The molecule has 0 aliphatic carbocycles. The van der Waals surface area contributed by atoms with E-state index < -0.39 is 0 Å². The Bertz CT molecular complexity index is 455. The van der Waals surface area contributed by atoms with Crippen molar-refractivity contribution in [1.29, 1.82) is 0 Å². The molecule has 2 rings (SSSR count). The van der Waals surface area contributed by atoms with Crippen LogP contribution in [-0.2, 0) is 13.1 Å². The zero-order chi connectivity index (χ0) is 10.8. The largest absolute Gasteiger partial charge is 0.347 e. The molecule has 0 saturated heterocycles. The molecule has 0 radical (unpaired) electrons. The van der Waals surface area contributed by atoms with Crippen LogP contribution in [0.25, 0.3) is 10.9 Å². The number of benzene rings is 1. The van der Waals surface area contributed by atoms with Crippen molar-refractivity contribution in [2.24, 2.45) is 0 Å². The highest BCUT2D eigenvalue weighted by molar-refractivity contribution is 5.83. The first-order chi connectivity index (χ1) is 7.22. The van der Waals surface area contributed by atoms with Crippen LogP contribution in [0.1, 0.15) is 12.5 Å². The van der Waals surface area contributed by atoms with E-state index in [1.807, 2.05) is 0 Å². The molecule has 0 N–H and O–H groups in total. The smallest absolute Gasteiger partial charge is 0.0483 e. The molecule has 80 valence electrons. The molecule has 0 spiro atoms. The molecule has 15 heavy (non-hydrogen) atoms. The van der Waals surface area contributed by atoms with Crippen LogP contribution in [-0.4, -0.2) is 23.6 Å². The Morgan fingerprint density at radius 1 is 1.20 bits per heavy atom. The van der Waals surface area contributed by atoms with E-state index >= 15 is 0 Å². The lowest BCUT2D eigenvalue weighted by Gasteiger charge is -2.07. The highest BCUT2D eigenvalue weighted by Gasteiger charge is 2.06. The lowest BCUT2D eigenvalue weighted by Crippen LogP contribution is -2.10. The Kier molecular flexibility index (Phi) is 2.78. The van der Waals surface area contributed by atoms with E-state index in [9.17, 15) is 0 Å². The third kappa shape index (κ3) is 1.90. The van der Waals surface area contributed by atoms with Gasteiger partial charge in [-0.1, -0.05) is 18.2 Å². The Morgan fingerprint density at radius 3 is 2.60 bits per heavy atom. The zero-order valence-electron chi connectivity index (χ0n) is 9.70. The maximum absolute atomic E-state index is 2.31. The van der Waals surface area contributed by atoms with E-state index in [2.05, 4.69) is 60.9 Å². The van der Waals surface area contributed by atoms with Crippen molar-refractivity contribution >= 4 is 10.9 Å². The minimum Gasteiger partial charge on any atom is -0.347 e. The number of para-hydroxylation sites is 1. The van der Waals surface area contributed by atoms with Crippen molar-refractivity contribution in [2.75, 3.05) is 14.1 Å². The minimum absolute atomic E-state index is 1.01. The zero-order valence-corrected chi connectivity index (χ0v) is 9.70. The predicted octanol–water partition coefficient (Wildman–Crippen LogP) is 2.72. The van der Waals surface area contributed by atoms with Gasteiger partial charge in [0.05, 0.1) is 0 Å². The third-order valence-electron chi connectivity index (χ3n) is 2.70. The maximum atomic E-state index is 2.31. The van der Waals surface area contributed by atoms with Crippen molar-refractivity contribution < 1.29 is 0 Å². The number of fused-ring (bicyclic) bond motifs is 1. The first-order valence-corrected chi connectivity index (χ1v) is 5.44. The number of aromatic nitrogens is 1. The molecule has 0 atom stereocenters. The fourth-order valence-electron chi connectivity index (χ4n) is 2.05. The molecular weight excluding hydrogens is 184 g/mol. The molecule has 1 aromatic carbocycles. The highest BCUT2D eigenvalue weighted by Crippen LogP contribution is 2.21. The summed E-state index contributed by atoms with van der Waals surface area (Å²) >= 11 is 0.